The van der Waals surface area contributed by atoms with Crippen molar-refractivity contribution < 1.29 is 14.3 Å². The van der Waals surface area contributed by atoms with E-state index in [1.807, 2.05) is 46.0 Å². The molecule has 1 saturated heterocycles. The van der Waals surface area contributed by atoms with Gasteiger partial charge < -0.3 is 15.0 Å². The molecule has 2 N–H and O–H groups in total. The Labute approximate surface area is 232 Å². The molecule has 0 saturated carbocycles. The number of aromatic nitrogens is 4. The largest absolute Gasteiger partial charge is 0.444 e. The second-order valence-corrected chi connectivity index (χ2v) is 11.0. The number of carbonyl (C=O) groups is 2. The fourth-order valence-corrected chi connectivity index (χ4v) is 4.44. The van der Waals surface area contributed by atoms with Gasteiger partial charge in [-0.15, -0.1) is 0 Å². The monoisotopic (exact) mass is 552 g/mol. The number of piperazine rings is 1. The summed E-state index contributed by atoms with van der Waals surface area (Å²) in [5.41, 5.74) is 2.59. The van der Waals surface area contributed by atoms with Crippen LogP contribution in [0.1, 0.15) is 49.4 Å². The van der Waals surface area contributed by atoms with Gasteiger partial charge in [0.05, 0.1) is 28.5 Å². The molecule has 1 atom stereocenters. The van der Waals surface area contributed by atoms with Crippen LogP contribution < -0.4 is 5.32 Å². The molecule has 39 heavy (non-hydrogen) atoms. The molecule has 4 rings (SSSR count). The van der Waals surface area contributed by atoms with Gasteiger partial charge in [-0.25, -0.2) is 4.79 Å². The van der Waals surface area contributed by atoms with Gasteiger partial charge in [0.15, 0.2) is 0 Å². The second-order valence-electron chi connectivity index (χ2n) is 10.6. The second kappa shape index (κ2) is 11.9. The van der Waals surface area contributed by atoms with Crippen LogP contribution >= 0.6 is 11.6 Å². The number of nitrogens with one attached hydrogen (secondary N) is 2. The van der Waals surface area contributed by atoms with Crippen LogP contribution in [0.25, 0.3) is 11.3 Å². The molecule has 0 radical (unpaired) electrons. The fraction of sp³-hybridized carbons (Fsp3) is 0.444. The lowest BCUT2D eigenvalue weighted by Gasteiger charge is -2.35. The maximum atomic E-state index is 12.8. The highest BCUT2D eigenvalue weighted by atomic mass is 35.5. The molecule has 3 heterocycles. The average molecular weight is 553 g/mol. The number of hydrogen-bond donors (Lipinski definition) is 2. The Morgan fingerprint density at radius 1 is 1.21 bits per heavy atom. The summed E-state index contributed by atoms with van der Waals surface area (Å²) in [7, 11) is 0. The quantitative estimate of drug-likeness (QED) is 0.457. The molecule has 206 valence electrons. The van der Waals surface area contributed by atoms with E-state index in [-0.39, 0.29) is 18.0 Å². The Kier molecular flexibility index (Phi) is 8.57. The van der Waals surface area contributed by atoms with E-state index in [2.05, 4.69) is 25.5 Å². The van der Waals surface area contributed by atoms with E-state index < -0.39 is 5.60 Å². The van der Waals surface area contributed by atoms with Crippen LogP contribution in [-0.4, -0.2) is 79.6 Å². The Balaban J connectivity index is 1.25. The van der Waals surface area contributed by atoms with Crippen LogP contribution in [-0.2, 0) is 17.8 Å². The SMILES string of the molecule is C[C@H](Cn1ccc(-c2ccc(C#N)c(Cl)c2)n1)NC(=O)c1cc(CN2CCN(C(=O)OC(C)(C)C)CC2)[nH]n1. The third kappa shape index (κ3) is 7.59. The van der Waals surface area contributed by atoms with Crippen molar-refractivity contribution in [2.45, 2.75) is 52.4 Å². The van der Waals surface area contributed by atoms with Gasteiger partial charge in [-0.3, -0.25) is 19.5 Å². The van der Waals surface area contributed by atoms with Gasteiger partial charge in [0, 0.05) is 50.5 Å². The minimum atomic E-state index is -0.513. The average Bonchev–Trinajstić information content (AvgIpc) is 3.53. The summed E-state index contributed by atoms with van der Waals surface area (Å²) in [5.74, 6) is -0.272. The molecule has 0 unspecified atom stereocenters. The number of halogens is 1. The summed E-state index contributed by atoms with van der Waals surface area (Å²) in [4.78, 5) is 29.0. The first-order chi connectivity index (χ1) is 18.5. The van der Waals surface area contributed by atoms with Crippen LogP contribution in [0.5, 0.6) is 0 Å². The summed E-state index contributed by atoms with van der Waals surface area (Å²) in [5, 5.41) is 24.1. The molecule has 3 aromatic rings. The molecule has 0 spiro atoms. The lowest BCUT2D eigenvalue weighted by Crippen LogP contribution is -2.49. The van der Waals surface area contributed by atoms with Crippen molar-refractivity contribution in [3.05, 3.63) is 58.5 Å². The molecular formula is C27H33ClN8O3. The number of rotatable bonds is 7. The van der Waals surface area contributed by atoms with E-state index in [1.54, 1.807) is 33.8 Å². The predicted molar refractivity (Wildman–Crippen MR) is 146 cm³/mol. The molecule has 2 aromatic heterocycles. The topological polar surface area (TPSA) is 132 Å². The minimum absolute atomic E-state index is 0.198. The number of carbonyl (C=O) groups excluding carboxylic acids is 2. The van der Waals surface area contributed by atoms with Gasteiger partial charge in [0.25, 0.3) is 5.91 Å². The first-order valence-corrected chi connectivity index (χ1v) is 13.2. The minimum Gasteiger partial charge on any atom is -0.444 e. The van der Waals surface area contributed by atoms with Gasteiger partial charge in [0.1, 0.15) is 17.4 Å². The number of aromatic amines is 1. The number of ether oxygens (including phenoxy) is 1. The first-order valence-electron chi connectivity index (χ1n) is 12.8. The van der Waals surface area contributed by atoms with Gasteiger partial charge in [-0.2, -0.15) is 15.5 Å². The van der Waals surface area contributed by atoms with Crippen LogP contribution in [0.2, 0.25) is 5.02 Å². The van der Waals surface area contributed by atoms with Crippen molar-refractivity contribution >= 4 is 23.6 Å². The Morgan fingerprint density at radius 2 is 1.95 bits per heavy atom. The number of amides is 2. The highest BCUT2D eigenvalue weighted by Gasteiger charge is 2.26. The van der Waals surface area contributed by atoms with Crippen LogP contribution in [0.3, 0.4) is 0 Å². The molecule has 1 fully saturated rings. The molecule has 1 aliphatic rings. The maximum absolute atomic E-state index is 12.8. The van der Waals surface area contributed by atoms with E-state index >= 15 is 0 Å². The molecule has 1 aromatic carbocycles. The summed E-state index contributed by atoms with van der Waals surface area (Å²) >= 11 is 6.14. The Hall–Kier alpha value is -3.88. The van der Waals surface area contributed by atoms with Gasteiger partial charge in [-0.1, -0.05) is 17.7 Å². The number of nitrogens with zero attached hydrogens (tertiary/aromatic N) is 6. The molecule has 11 nitrogen and oxygen atoms in total. The smallest absolute Gasteiger partial charge is 0.410 e. The fourth-order valence-electron chi connectivity index (χ4n) is 4.22. The van der Waals surface area contributed by atoms with E-state index in [0.717, 1.165) is 17.0 Å². The molecule has 12 heteroatoms. The molecule has 2 amide bonds. The zero-order chi connectivity index (χ0) is 28.2. The predicted octanol–water partition coefficient (Wildman–Crippen LogP) is 3.67. The lowest BCUT2D eigenvalue weighted by molar-refractivity contribution is 0.0138. The summed E-state index contributed by atoms with van der Waals surface area (Å²) in [6, 6.07) is 10.6. The highest BCUT2D eigenvalue weighted by molar-refractivity contribution is 6.32. The Morgan fingerprint density at radius 3 is 2.62 bits per heavy atom. The standard InChI is InChI=1S/C27H33ClN8O3/c1-18(16-36-8-7-23(33-36)19-5-6-20(15-29)22(28)13-19)30-25(37)24-14-21(31-32-24)17-34-9-11-35(12-10-34)26(38)39-27(2,3)4/h5-8,13-14,18H,9-12,16-17H2,1-4H3,(H,30,37)(H,31,32)/t18-/m1/s1. The lowest BCUT2D eigenvalue weighted by atomic mass is 10.1. The highest BCUT2D eigenvalue weighted by Crippen LogP contribution is 2.24. The van der Waals surface area contributed by atoms with Crippen molar-refractivity contribution in [1.29, 1.82) is 5.26 Å². The normalized spacial score (nSPS) is 15.0. The van der Waals surface area contributed by atoms with Crippen molar-refractivity contribution in [2.24, 2.45) is 0 Å². The zero-order valence-electron chi connectivity index (χ0n) is 22.6. The summed E-state index contributed by atoms with van der Waals surface area (Å²) in [6.07, 6.45) is 1.54. The van der Waals surface area contributed by atoms with Gasteiger partial charge in [-0.05, 0) is 52.0 Å². The van der Waals surface area contributed by atoms with Crippen molar-refractivity contribution in [2.75, 3.05) is 26.2 Å². The van der Waals surface area contributed by atoms with Crippen LogP contribution in [0.4, 0.5) is 4.79 Å². The van der Waals surface area contributed by atoms with E-state index in [9.17, 15) is 9.59 Å². The van der Waals surface area contributed by atoms with Crippen LogP contribution in [0.15, 0.2) is 36.5 Å². The third-order valence-corrected chi connectivity index (χ3v) is 6.46. The molecular weight excluding hydrogens is 520 g/mol. The van der Waals surface area contributed by atoms with E-state index in [1.165, 1.54) is 0 Å². The summed E-state index contributed by atoms with van der Waals surface area (Å²) in [6.45, 7) is 11.1. The third-order valence-electron chi connectivity index (χ3n) is 6.15. The van der Waals surface area contributed by atoms with Crippen molar-refractivity contribution in [3.63, 3.8) is 0 Å². The van der Waals surface area contributed by atoms with Gasteiger partial charge in [0.2, 0.25) is 0 Å². The van der Waals surface area contributed by atoms with Gasteiger partial charge >= 0.3 is 6.09 Å². The van der Waals surface area contributed by atoms with Crippen molar-refractivity contribution in [3.8, 4) is 17.3 Å². The zero-order valence-corrected chi connectivity index (χ0v) is 23.3. The summed E-state index contributed by atoms with van der Waals surface area (Å²) < 4.78 is 7.20. The molecule has 0 aliphatic carbocycles. The number of hydrogen-bond acceptors (Lipinski definition) is 7. The molecule has 0 bridgehead atoms. The Bertz CT molecular complexity index is 1360. The van der Waals surface area contributed by atoms with E-state index in [0.29, 0.717) is 55.5 Å². The number of H-pyrrole nitrogens is 1. The van der Waals surface area contributed by atoms with Crippen LogP contribution in [0, 0.1) is 11.3 Å². The maximum Gasteiger partial charge on any atom is 0.410 e. The van der Waals surface area contributed by atoms with Crippen molar-refractivity contribution in [1.82, 2.24) is 35.1 Å². The number of benzene rings is 1. The first kappa shape index (κ1) is 28.1. The molecule has 1 aliphatic heterocycles. The van der Waals surface area contributed by atoms with E-state index in [4.69, 9.17) is 21.6 Å². The number of nitriles is 1.